The van der Waals surface area contributed by atoms with Crippen LogP contribution >= 0.6 is 11.6 Å². The first-order valence-electron chi connectivity index (χ1n) is 15.5. The third-order valence-electron chi connectivity index (χ3n) is 8.47. The maximum absolute atomic E-state index is 12.6. The first-order valence-corrected chi connectivity index (χ1v) is 15.8. The molecule has 2 saturated heterocycles. The average Bonchev–Trinajstić information content (AvgIpc) is 3.48. The maximum atomic E-state index is 12.6. The van der Waals surface area contributed by atoms with Crippen LogP contribution in [0.5, 0.6) is 6.01 Å². The molecular formula is C33H40ClN7O3. The highest BCUT2D eigenvalue weighted by Crippen LogP contribution is 2.37. The number of carbonyl (C=O) groups is 1. The summed E-state index contributed by atoms with van der Waals surface area (Å²) >= 11 is 6.70. The molecule has 3 aliphatic rings. The Morgan fingerprint density at radius 1 is 1.11 bits per heavy atom. The van der Waals surface area contributed by atoms with Crippen LogP contribution in [0.2, 0.25) is 5.02 Å². The Kier molecular flexibility index (Phi) is 8.70. The van der Waals surface area contributed by atoms with Crippen LogP contribution in [0.3, 0.4) is 0 Å². The molecule has 0 radical (unpaired) electrons. The lowest BCUT2D eigenvalue weighted by Crippen LogP contribution is -2.51. The summed E-state index contributed by atoms with van der Waals surface area (Å²) in [5.41, 5.74) is 2.64. The van der Waals surface area contributed by atoms with Gasteiger partial charge in [0, 0.05) is 67.9 Å². The normalized spacial score (nSPS) is 20.4. The van der Waals surface area contributed by atoms with Gasteiger partial charge >= 0.3 is 12.1 Å². The van der Waals surface area contributed by atoms with Crippen molar-refractivity contribution in [1.29, 1.82) is 5.26 Å². The number of fused-ring (bicyclic) bond motifs is 2. The number of carbonyl (C=O) groups excluding carboxylic acids is 1. The molecule has 0 spiro atoms. The number of nitriles is 1. The van der Waals surface area contributed by atoms with E-state index in [4.69, 9.17) is 31.0 Å². The van der Waals surface area contributed by atoms with Gasteiger partial charge in [0.15, 0.2) is 0 Å². The molecule has 6 rings (SSSR count). The third kappa shape index (κ3) is 6.64. The summed E-state index contributed by atoms with van der Waals surface area (Å²) < 4.78 is 11.8. The van der Waals surface area contributed by atoms with Crippen LogP contribution in [0.1, 0.15) is 44.9 Å². The molecule has 0 bridgehead atoms. The van der Waals surface area contributed by atoms with Gasteiger partial charge in [-0.05, 0) is 51.1 Å². The van der Waals surface area contributed by atoms with Crippen molar-refractivity contribution in [3.8, 4) is 12.1 Å². The Bertz CT molecular complexity index is 1560. The molecule has 2 aromatic carbocycles. The zero-order valence-corrected chi connectivity index (χ0v) is 26.4. The van der Waals surface area contributed by atoms with Crippen LogP contribution in [-0.2, 0) is 17.7 Å². The number of ether oxygens (including phenoxy) is 2. The fourth-order valence-corrected chi connectivity index (χ4v) is 6.66. The Morgan fingerprint density at radius 3 is 2.73 bits per heavy atom. The molecule has 1 amide bonds. The largest absolute Gasteiger partial charge is 0.463 e. The fourth-order valence-electron chi connectivity index (χ4n) is 6.38. The molecule has 3 aromatic rings. The van der Waals surface area contributed by atoms with Crippen LogP contribution < -0.4 is 19.9 Å². The lowest BCUT2D eigenvalue weighted by atomic mass is 10.0. The molecule has 1 aromatic heterocycles. The van der Waals surface area contributed by atoms with E-state index >= 15 is 0 Å². The van der Waals surface area contributed by atoms with Gasteiger partial charge in [0.25, 0.3) is 0 Å². The van der Waals surface area contributed by atoms with Crippen molar-refractivity contribution < 1.29 is 14.3 Å². The van der Waals surface area contributed by atoms with Gasteiger partial charge < -0.3 is 29.5 Å². The van der Waals surface area contributed by atoms with Crippen molar-refractivity contribution in [1.82, 2.24) is 20.2 Å². The standard InChI is InChI=1S/C33H40ClN7O3/c1-33(2,3)44-32(42)41-15-11-22(18-41)21-43-31-37-27-20-39(28-9-5-7-23-6-4-8-26(34)29(23)28)16-12-25(27)30(38-31)40-17-14-36-24(19-40)10-13-35/h4-9,22,24,36H,10-12,14-21H2,1-3H3. The molecule has 10 nitrogen and oxygen atoms in total. The molecule has 0 aliphatic carbocycles. The topological polar surface area (TPSA) is 107 Å². The predicted molar refractivity (Wildman–Crippen MR) is 171 cm³/mol. The van der Waals surface area contributed by atoms with Crippen molar-refractivity contribution in [2.24, 2.45) is 5.92 Å². The van der Waals surface area contributed by atoms with Crippen molar-refractivity contribution in [3.05, 3.63) is 52.7 Å². The van der Waals surface area contributed by atoms with Crippen LogP contribution in [-0.4, -0.2) is 78.5 Å². The summed E-state index contributed by atoms with van der Waals surface area (Å²) in [5, 5.41) is 15.7. The van der Waals surface area contributed by atoms with Crippen LogP contribution in [0.25, 0.3) is 10.8 Å². The number of amides is 1. The summed E-state index contributed by atoms with van der Waals surface area (Å²) in [7, 11) is 0. The van der Waals surface area contributed by atoms with Gasteiger partial charge in [0.1, 0.15) is 11.4 Å². The van der Waals surface area contributed by atoms with Gasteiger partial charge in [0.2, 0.25) is 0 Å². The van der Waals surface area contributed by atoms with E-state index in [-0.39, 0.29) is 18.1 Å². The number of nitrogens with zero attached hydrogens (tertiary/aromatic N) is 6. The van der Waals surface area contributed by atoms with Gasteiger partial charge in [-0.1, -0.05) is 35.9 Å². The number of aromatic nitrogens is 2. The van der Waals surface area contributed by atoms with E-state index in [9.17, 15) is 10.1 Å². The Balaban J connectivity index is 1.25. The van der Waals surface area contributed by atoms with E-state index in [0.717, 1.165) is 71.0 Å². The number of hydrogen-bond donors (Lipinski definition) is 1. The average molecular weight is 618 g/mol. The molecule has 2 unspecified atom stereocenters. The van der Waals surface area contributed by atoms with Crippen molar-refractivity contribution in [2.75, 3.05) is 55.7 Å². The van der Waals surface area contributed by atoms with E-state index in [1.807, 2.05) is 32.9 Å². The summed E-state index contributed by atoms with van der Waals surface area (Å²) in [5.74, 6) is 1.06. The van der Waals surface area contributed by atoms with Gasteiger partial charge in [0.05, 0.1) is 36.4 Å². The van der Waals surface area contributed by atoms with E-state index in [0.29, 0.717) is 45.2 Å². The SMILES string of the molecule is CC(C)(C)OC(=O)N1CCC(COc2nc3c(c(N4CCNC(CC#N)C4)n2)CCN(c2cccc4cccc(Cl)c24)C3)C1. The number of rotatable bonds is 6. The number of piperazine rings is 1. The Hall–Kier alpha value is -3.81. The van der Waals surface area contributed by atoms with E-state index in [1.165, 1.54) is 0 Å². The number of hydrogen-bond acceptors (Lipinski definition) is 9. The molecule has 232 valence electrons. The summed E-state index contributed by atoms with van der Waals surface area (Å²) in [6.45, 7) is 11.0. The second-order valence-electron chi connectivity index (χ2n) is 12.9. The lowest BCUT2D eigenvalue weighted by molar-refractivity contribution is 0.0284. The van der Waals surface area contributed by atoms with Crippen LogP contribution in [0, 0.1) is 17.2 Å². The second kappa shape index (κ2) is 12.7. The summed E-state index contributed by atoms with van der Waals surface area (Å²) in [6, 6.07) is 15.0. The Morgan fingerprint density at radius 2 is 1.93 bits per heavy atom. The van der Waals surface area contributed by atoms with E-state index in [2.05, 4.69) is 45.5 Å². The molecule has 3 aliphatic heterocycles. The minimum absolute atomic E-state index is 0.0824. The fraction of sp³-hybridized carbons (Fsp3) is 0.515. The van der Waals surface area contributed by atoms with Crippen molar-refractivity contribution in [2.45, 2.75) is 58.2 Å². The molecule has 4 heterocycles. The quantitative estimate of drug-likeness (QED) is 0.401. The number of likely N-dealkylation sites (tertiary alicyclic amines) is 1. The zero-order chi connectivity index (χ0) is 30.8. The highest BCUT2D eigenvalue weighted by atomic mass is 35.5. The molecule has 0 saturated carbocycles. The number of anilines is 2. The number of halogens is 1. The van der Waals surface area contributed by atoms with Gasteiger partial charge in [-0.15, -0.1) is 0 Å². The minimum atomic E-state index is -0.527. The number of nitrogens with one attached hydrogen (secondary N) is 1. The van der Waals surface area contributed by atoms with Crippen molar-refractivity contribution >= 4 is 40.0 Å². The molecule has 2 fully saturated rings. The van der Waals surface area contributed by atoms with E-state index in [1.54, 1.807) is 4.90 Å². The third-order valence-corrected chi connectivity index (χ3v) is 8.79. The molecule has 1 N–H and O–H groups in total. The van der Waals surface area contributed by atoms with Crippen molar-refractivity contribution in [3.63, 3.8) is 0 Å². The van der Waals surface area contributed by atoms with Gasteiger partial charge in [-0.2, -0.15) is 15.2 Å². The highest BCUT2D eigenvalue weighted by Gasteiger charge is 2.32. The monoisotopic (exact) mass is 617 g/mol. The van der Waals surface area contributed by atoms with Crippen LogP contribution in [0.4, 0.5) is 16.3 Å². The lowest BCUT2D eigenvalue weighted by Gasteiger charge is -2.37. The molecular weight excluding hydrogens is 578 g/mol. The molecule has 2 atom stereocenters. The molecule has 44 heavy (non-hydrogen) atoms. The first-order chi connectivity index (χ1) is 21.2. The number of benzene rings is 2. The van der Waals surface area contributed by atoms with Crippen LogP contribution in [0.15, 0.2) is 36.4 Å². The smallest absolute Gasteiger partial charge is 0.410 e. The predicted octanol–water partition coefficient (Wildman–Crippen LogP) is 5.17. The highest BCUT2D eigenvalue weighted by molar-refractivity contribution is 6.36. The summed E-state index contributed by atoms with van der Waals surface area (Å²) in [6.07, 6.45) is 1.77. The molecule has 11 heteroatoms. The van der Waals surface area contributed by atoms with Gasteiger partial charge in [-0.3, -0.25) is 0 Å². The second-order valence-corrected chi connectivity index (χ2v) is 13.3. The van der Waals surface area contributed by atoms with Gasteiger partial charge in [-0.25, -0.2) is 4.79 Å². The zero-order valence-electron chi connectivity index (χ0n) is 25.7. The first kappa shape index (κ1) is 30.2. The summed E-state index contributed by atoms with van der Waals surface area (Å²) in [4.78, 5) is 28.9. The maximum Gasteiger partial charge on any atom is 0.410 e. The van der Waals surface area contributed by atoms with E-state index < -0.39 is 5.60 Å². The minimum Gasteiger partial charge on any atom is -0.463 e. The Labute approximate surface area is 263 Å².